The first-order valence-corrected chi connectivity index (χ1v) is 4.60. The molecule has 9 heavy (non-hydrogen) atoms. The zero-order chi connectivity index (χ0) is 6.69. The highest BCUT2D eigenvalue weighted by atomic mass is 79.9. The standard InChI is InChI=1S/C7H13BrO/c1-6(4-8)7-2-3-9-5-7/h6-7H,2-5H2,1H3. The van der Waals surface area contributed by atoms with Crippen molar-refractivity contribution in [2.45, 2.75) is 13.3 Å². The van der Waals surface area contributed by atoms with Crippen molar-refractivity contribution >= 4 is 15.9 Å². The Bertz CT molecular complexity index is 79.0. The lowest BCUT2D eigenvalue weighted by atomic mass is 9.96. The number of alkyl halides is 1. The van der Waals surface area contributed by atoms with Gasteiger partial charge < -0.3 is 4.74 Å². The van der Waals surface area contributed by atoms with Gasteiger partial charge in [-0.15, -0.1) is 0 Å². The van der Waals surface area contributed by atoms with Crippen molar-refractivity contribution in [3.8, 4) is 0 Å². The second-order valence-electron chi connectivity index (χ2n) is 2.76. The molecular weight excluding hydrogens is 180 g/mol. The summed E-state index contributed by atoms with van der Waals surface area (Å²) in [4.78, 5) is 0. The smallest absolute Gasteiger partial charge is 0.0497 e. The van der Waals surface area contributed by atoms with E-state index in [0.717, 1.165) is 30.4 Å². The first-order valence-electron chi connectivity index (χ1n) is 3.48. The molecule has 0 aromatic carbocycles. The van der Waals surface area contributed by atoms with Crippen LogP contribution in [0.4, 0.5) is 0 Å². The fourth-order valence-corrected chi connectivity index (χ4v) is 1.66. The zero-order valence-corrected chi connectivity index (χ0v) is 7.36. The molecule has 1 aliphatic heterocycles. The fraction of sp³-hybridized carbons (Fsp3) is 1.00. The Balaban J connectivity index is 2.24. The van der Waals surface area contributed by atoms with E-state index in [9.17, 15) is 0 Å². The third-order valence-corrected chi connectivity index (χ3v) is 3.03. The van der Waals surface area contributed by atoms with Crippen molar-refractivity contribution in [3.63, 3.8) is 0 Å². The molecule has 0 spiro atoms. The fourth-order valence-electron chi connectivity index (χ4n) is 1.13. The van der Waals surface area contributed by atoms with Crippen molar-refractivity contribution in [3.05, 3.63) is 0 Å². The molecule has 1 rings (SSSR count). The van der Waals surface area contributed by atoms with Crippen LogP contribution in [0.5, 0.6) is 0 Å². The number of rotatable bonds is 2. The van der Waals surface area contributed by atoms with E-state index in [1.165, 1.54) is 6.42 Å². The van der Waals surface area contributed by atoms with Crippen LogP contribution in [-0.4, -0.2) is 18.5 Å². The summed E-state index contributed by atoms with van der Waals surface area (Å²) in [5, 5.41) is 1.11. The third kappa shape index (κ3) is 1.94. The molecule has 1 saturated heterocycles. The highest BCUT2D eigenvalue weighted by molar-refractivity contribution is 9.09. The molecule has 1 fully saturated rings. The van der Waals surface area contributed by atoms with Gasteiger partial charge in [-0.3, -0.25) is 0 Å². The van der Waals surface area contributed by atoms with E-state index in [4.69, 9.17) is 4.74 Å². The number of hydrogen-bond donors (Lipinski definition) is 0. The molecule has 1 nitrogen and oxygen atoms in total. The normalized spacial score (nSPS) is 30.7. The third-order valence-electron chi connectivity index (χ3n) is 2.01. The Labute approximate surface area is 64.9 Å². The van der Waals surface area contributed by atoms with Crippen LogP contribution in [0.25, 0.3) is 0 Å². The van der Waals surface area contributed by atoms with Gasteiger partial charge in [-0.25, -0.2) is 0 Å². The molecule has 0 aromatic rings. The Hall–Kier alpha value is 0.440. The molecule has 0 radical (unpaired) electrons. The molecule has 0 aromatic heterocycles. The molecule has 0 aliphatic carbocycles. The maximum Gasteiger partial charge on any atom is 0.0497 e. The van der Waals surface area contributed by atoms with Gasteiger partial charge in [-0.1, -0.05) is 22.9 Å². The van der Waals surface area contributed by atoms with Gasteiger partial charge in [0, 0.05) is 18.5 Å². The Morgan fingerprint density at radius 3 is 3.00 bits per heavy atom. The van der Waals surface area contributed by atoms with Gasteiger partial charge in [0.15, 0.2) is 0 Å². The lowest BCUT2D eigenvalue weighted by molar-refractivity contribution is 0.177. The van der Waals surface area contributed by atoms with E-state index < -0.39 is 0 Å². The lowest BCUT2D eigenvalue weighted by Crippen LogP contribution is -2.12. The molecule has 0 N–H and O–H groups in total. The lowest BCUT2D eigenvalue weighted by Gasteiger charge is -2.12. The van der Waals surface area contributed by atoms with Crippen LogP contribution in [0.3, 0.4) is 0 Å². The minimum absolute atomic E-state index is 0.785. The van der Waals surface area contributed by atoms with E-state index in [1.54, 1.807) is 0 Å². The van der Waals surface area contributed by atoms with Crippen LogP contribution in [0, 0.1) is 11.8 Å². The summed E-state index contributed by atoms with van der Waals surface area (Å²) in [7, 11) is 0. The van der Waals surface area contributed by atoms with Gasteiger partial charge in [0.2, 0.25) is 0 Å². The molecule has 1 heterocycles. The summed E-state index contributed by atoms with van der Waals surface area (Å²) in [5.41, 5.74) is 0. The average Bonchev–Trinajstić information content (AvgIpc) is 2.37. The van der Waals surface area contributed by atoms with E-state index in [0.29, 0.717) is 0 Å². The average molecular weight is 193 g/mol. The minimum atomic E-state index is 0.785. The highest BCUT2D eigenvalue weighted by Crippen LogP contribution is 2.22. The summed E-state index contributed by atoms with van der Waals surface area (Å²) in [6.45, 7) is 4.23. The van der Waals surface area contributed by atoms with Gasteiger partial charge in [-0.05, 0) is 18.3 Å². The van der Waals surface area contributed by atoms with Crippen molar-refractivity contribution in [1.82, 2.24) is 0 Å². The number of halogens is 1. The van der Waals surface area contributed by atoms with Crippen LogP contribution in [0.1, 0.15) is 13.3 Å². The first-order chi connectivity index (χ1) is 4.34. The van der Waals surface area contributed by atoms with Crippen molar-refractivity contribution in [1.29, 1.82) is 0 Å². The number of hydrogen-bond acceptors (Lipinski definition) is 1. The first kappa shape index (κ1) is 7.55. The summed E-state index contributed by atoms with van der Waals surface area (Å²) in [6.07, 6.45) is 1.26. The van der Waals surface area contributed by atoms with Gasteiger partial charge in [0.25, 0.3) is 0 Å². The van der Waals surface area contributed by atoms with Crippen LogP contribution in [-0.2, 0) is 4.74 Å². The predicted octanol–water partition coefficient (Wildman–Crippen LogP) is 2.05. The van der Waals surface area contributed by atoms with Gasteiger partial charge in [0.1, 0.15) is 0 Å². The largest absolute Gasteiger partial charge is 0.381 e. The van der Waals surface area contributed by atoms with E-state index >= 15 is 0 Å². The number of ether oxygens (including phenoxy) is 1. The van der Waals surface area contributed by atoms with E-state index in [1.807, 2.05) is 0 Å². The second kappa shape index (κ2) is 3.57. The molecular formula is C7H13BrO. The minimum Gasteiger partial charge on any atom is -0.381 e. The van der Waals surface area contributed by atoms with E-state index in [-0.39, 0.29) is 0 Å². The summed E-state index contributed by atoms with van der Waals surface area (Å²) >= 11 is 3.47. The van der Waals surface area contributed by atoms with Crippen LogP contribution < -0.4 is 0 Å². The van der Waals surface area contributed by atoms with Crippen molar-refractivity contribution < 1.29 is 4.74 Å². The predicted molar refractivity (Wildman–Crippen MR) is 41.9 cm³/mol. The molecule has 0 saturated carbocycles. The van der Waals surface area contributed by atoms with Crippen molar-refractivity contribution in [2.75, 3.05) is 18.5 Å². The summed E-state index contributed by atoms with van der Waals surface area (Å²) in [6, 6.07) is 0. The Kier molecular flexibility index (Phi) is 2.99. The van der Waals surface area contributed by atoms with Gasteiger partial charge in [-0.2, -0.15) is 0 Å². The van der Waals surface area contributed by atoms with Crippen molar-refractivity contribution in [2.24, 2.45) is 11.8 Å². The molecule has 0 amide bonds. The Morgan fingerprint density at radius 2 is 2.56 bits per heavy atom. The SMILES string of the molecule is CC(CBr)C1CCOC1. The maximum atomic E-state index is 5.26. The maximum absolute atomic E-state index is 5.26. The zero-order valence-electron chi connectivity index (χ0n) is 5.77. The second-order valence-corrected chi connectivity index (χ2v) is 3.40. The molecule has 54 valence electrons. The van der Waals surface area contributed by atoms with Gasteiger partial charge in [0.05, 0.1) is 0 Å². The van der Waals surface area contributed by atoms with Crippen LogP contribution in [0.2, 0.25) is 0 Å². The molecule has 2 heteroatoms. The monoisotopic (exact) mass is 192 g/mol. The summed E-state index contributed by atoms with van der Waals surface area (Å²) < 4.78 is 5.26. The highest BCUT2D eigenvalue weighted by Gasteiger charge is 2.20. The molecule has 2 unspecified atom stereocenters. The molecule has 2 atom stereocenters. The Morgan fingerprint density at radius 1 is 1.78 bits per heavy atom. The molecule has 1 aliphatic rings. The van der Waals surface area contributed by atoms with Crippen LogP contribution >= 0.6 is 15.9 Å². The molecule has 0 bridgehead atoms. The topological polar surface area (TPSA) is 9.23 Å². The summed E-state index contributed by atoms with van der Waals surface area (Å²) in [5.74, 6) is 1.59. The van der Waals surface area contributed by atoms with E-state index in [2.05, 4.69) is 22.9 Å². The van der Waals surface area contributed by atoms with Crippen LogP contribution in [0.15, 0.2) is 0 Å². The quantitative estimate of drug-likeness (QED) is 0.610. The van der Waals surface area contributed by atoms with Gasteiger partial charge >= 0.3 is 0 Å².